The molecule has 1 aromatic carbocycles. The Bertz CT molecular complexity index is 1060. The Balaban J connectivity index is 1.63. The number of carbonyl (C=O) groups excluding carboxylic acids is 2. The molecule has 28 heavy (non-hydrogen) atoms. The number of para-hydroxylation sites is 1. The fourth-order valence-electron chi connectivity index (χ4n) is 2.41. The molecule has 1 N–H and O–H groups in total. The number of hydrogen-bond acceptors (Lipinski definition) is 5. The number of amides is 1. The summed E-state index contributed by atoms with van der Waals surface area (Å²) in [5, 5.41) is 3.97. The number of fused-ring (bicyclic) bond motifs is 1. The lowest BCUT2D eigenvalue weighted by molar-refractivity contribution is -0.148. The largest absolute Gasteiger partial charge is 0.449 e. The monoisotopic (exact) mass is 415 g/mol. The van der Waals surface area contributed by atoms with Crippen LogP contribution in [0.25, 0.3) is 17.0 Å². The minimum atomic E-state index is -1.05. The number of pyridine rings is 2. The smallest absolute Gasteiger partial charge is 0.331 e. The molecule has 8 heteroatoms. The van der Waals surface area contributed by atoms with Crippen LogP contribution in [0.5, 0.6) is 0 Å². The van der Waals surface area contributed by atoms with Crippen LogP contribution in [0.15, 0.2) is 54.9 Å². The van der Waals surface area contributed by atoms with Crippen molar-refractivity contribution in [2.75, 3.05) is 5.32 Å². The molecule has 2 aromatic heterocycles. The third kappa shape index (κ3) is 4.85. The normalized spacial score (nSPS) is 12.1. The molecule has 0 saturated carbocycles. The van der Waals surface area contributed by atoms with E-state index in [2.05, 4.69) is 15.3 Å². The molecule has 1 atom stereocenters. The highest BCUT2D eigenvalue weighted by molar-refractivity contribution is 6.36. The van der Waals surface area contributed by atoms with E-state index < -0.39 is 18.0 Å². The molecular formula is C20H15Cl2N3O3. The Hall–Kier alpha value is -2.96. The maximum atomic E-state index is 12.2. The van der Waals surface area contributed by atoms with Gasteiger partial charge in [-0.1, -0.05) is 47.5 Å². The topological polar surface area (TPSA) is 81.2 Å². The molecule has 1 amide bonds. The Morgan fingerprint density at radius 1 is 1.18 bits per heavy atom. The van der Waals surface area contributed by atoms with Crippen LogP contribution in [0.2, 0.25) is 10.0 Å². The number of carbonyl (C=O) groups is 2. The summed E-state index contributed by atoms with van der Waals surface area (Å²) in [5.74, 6) is -1.09. The van der Waals surface area contributed by atoms with Gasteiger partial charge < -0.3 is 10.1 Å². The van der Waals surface area contributed by atoms with E-state index in [9.17, 15) is 9.59 Å². The molecule has 142 valence electrons. The van der Waals surface area contributed by atoms with Crippen molar-refractivity contribution in [3.8, 4) is 0 Å². The molecule has 0 spiro atoms. The number of aromatic nitrogens is 2. The molecular weight excluding hydrogens is 401 g/mol. The number of benzene rings is 1. The van der Waals surface area contributed by atoms with Crippen molar-refractivity contribution in [1.29, 1.82) is 0 Å². The van der Waals surface area contributed by atoms with Gasteiger partial charge in [-0.15, -0.1) is 0 Å². The van der Waals surface area contributed by atoms with E-state index in [0.717, 1.165) is 16.5 Å². The van der Waals surface area contributed by atoms with Crippen LogP contribution in [0.3, 0.4) is 0 Å². The van der Waals surface area contributed by atoms with Crippen molar-refractivity contribution in [1.82, 2.24) is 9.97 Å². The van der Waals surface area contributed by atoms with E-state index in [1.165, 1.54) is 25.3 Å². The second-order valence-corrected chi connectivity index (χ2v) is 6.65. The Kier molecular flexibility index (Phi) is 6.23. The van der Waals surface area contributed by atoms with Crippen LogP contribution < -0.4 is 5.32 Å². The van der Waals surface area contributed by atoms with Crippen LogP contribution in [0.4, 0.5) is 5.82 Å². The quantitative estimate of drug-likeness (QED) is 0.489. The van der Waals surface area contributed by atoms with E-state index in [-0.39, 0.29) is 10.8 Å². The van der Waals surface area contributed by atoms with Gasteiger partial charge in [-0.05, 0) is 25.1 Å². The van der Waals surface area contributed by atoms with E-state index in [4.69, 9.17) is 27.9 Å². The summed E-state index contributed by atoms with van der Waals surface area (Å²) in [6.45, 7) is 1.45. The predicted octanol–water partition coefficient (Wildman–Crippen LogP) is 4.52. The summed E-state index contributed by atoms with van der Waals surface area (Å²) in [7, 11) is 0. The summed E-state index contributed by atoms with van der Waals surface area (Å²) in [5.41, 5.74) is 1.53. The number of nitrogens with zero attached hydrogens (tertiary/aromatic N) is 2. The summed E-state index contributed by atoms with van der Waals surface area (Å²) in [4.78, 5) is 32.5. The van der Waals surface area contributed by atoms with Gasteiger partial charge in [-0.3, -0.25) is 9.78 Å². The van der Waals surface area contributed by atoms with Crippen LogP contribution in [-0.2, 0) is 14.3 Å². The van der Waals surface area contributed by atoms with E-state index in [0.29, 0.717) is 5.02 Å². The number of halogens is 2. The van der Waals surface area contributed by atoms with Crippen molar-refractivity contribution in [2.24, 2.45) is 0 Å². The van der Waals surface area contributed by atoms with Crippen LogP contribution >= 0.6 is 23.2 Å². The van der Waals surface area contributed by atoms with Crippen molar-refractivity contribution in [3.05, 3.63) is 70.5 Å². The van der Waals surface area contributed by atoms with Gasteiger partial charge in [-0.2, -0.15) is 0 Å². The van der Waals surface area contributed by atoms with Gasteiger partial charge in [0.1, 0.15) is 0 Å². The highest BCUT2D eigenvalue weighted by atomic mass is 35.5. The molecule has 2 heterocycles. The maximum absolute atomic E-state index is 12.2. The highest BCUT2D eigenvalue weighted by Gasteiger charge is 2.18. The molecule has 6 nitrogen and oxygen atoms in total. The molecule has 0 bridgehead atoms. The molecule has 0 aliphatic heterocycles. The van der Waals surface area contributed by atoms with Crippen LogP contribution in [0.1, 0.15) is 12.5 Å². The molecule has 0 radical (unpaired) electrons. The lowest BCUT2D eigenvalue weighted by atomic mass is 10.1. The number of ether oxygens (including phenoxy) is 1. The van der Waals surface area contributed by atoms with Gasteiger partial charge in [0.15, 0.2) is 11.9 Å². The van der Waals surface area contributed by atoms with Gasteiger partial charge in [0, 0.05) is 29.4 Å². The first kappa shape index (κ1) is 19.8. The minimum absolute atomic E-state index is 0.135. The lowest BCUT2D eigenvalue weighted by Gasteiger charge is -2.12. The zero-order valence-corrected chi connectivity index (χ0v) is 16.2. The Morgan fingerprint density at radius 2 is 1.96 bits per heavy atom. The maximum Gasteiger partial charge on any atom is 0.331 e. The number of hydrogen-bond donors (Lipinski definition) is 1. The zero-order valence-electron chi connectivity index (χ0n) is 14.7. The molecule has 0 aliphatic rings. The minimum Gasteiger partial charge on any atom is -0.449 e. The fourth-order valence-corrected chi connectivity index (χ4v) is 2.84. The Labute approximate surface area is 171 Å². The van der Waals surface area contributed by atoms with Gasteiger partial charge in [-0.25, -0.2) is 9.78 Å². The van der Waals surface area contributed by atoms with Crippen LogP contribution in [-0.4, -0.2) is 27.9 Å². The molecule has 0 fully saturated rings. The second kappa shape index (κ2) is 8.82. The third-order valence-electron chi connectivity index (χ3n) is 3.77. The number of esters is 1. The van der Waals surface area contributed by atoms with Crippen molar-refractivity contribution in [2.45, 2.75) is 13.0 Å². The zero-order chi connectivity index (χ0) is 20.1. The first-order chi connectivity index (χ1) is 13.4. The summed E-state index contributed by atoms with van der Waals surface area (Å²) < 4.78 is 5.13. The first-order valence-electron chi connectivity index (χ1n) is 8.28. The molecule has 0 saturated heterocycles. The van der Waals surface area contributed by atoms with E-state index >= 15 is 0 Å². The van der Waals surface area contributed by atoms with Crippen molar-refractivity contribution >= 4 is 57.9 Å². The first-order valence-corrected chi connectivity index (χ1v) is 9.04. The predicted molar refractivity (Wildman–Crippen MR) is 109 cm³/mol. The summed E-state index contributed by atoms with van der Waals surface area (Å²) in [6, 6.07) is 10.9. The highest BCUT2D eigenvalue weighted by Crippen LogP contribution is 2.22. The summed E-state index contributed by atoms with van der Waals surface area (Å²) in [6.07, 6.45) is 4.83. The number of anilines is 1. The second-order valence-electron chi connectivity index (χ2n) is 5.81. The van der Waals surface area contributed by atoms with Crippen molar-refractivity contribution < 1.29 is 14.3 Å². The van der Waals surface area contributed by atoms with Crippen LogP contribution in [0, 0.1) is 0 Å². The number of nitrogens with one attached hydrogen (secondary N) is 1. The van der Waals surface area contributed by atoms with Gasteiger partial charge >= 0.3 is 5.97 Å². The Morgan fingerprint density at radius 3 is 2.75 bits per heavy atom. The fraction of sp³-hybridized carbons (Fsp3) is 0.100. The third-order valence-corrected chi connectivity index (χ3v) is 4.27. The van der Waals surface area contributed by atoms with Gasteiger partial charge in [0.05, 0.1) is 15.6 Å². The SMILES string of the molecule is C[C@@H](OC(=O)/C=C\c1cccc2cccnc12)C(=O)Nc1ncc(Cl)cc1Cl. The van der Waals surface area contributed by atoms with Gasteiger partial charge in [0.25, 0.3) is 5.91 Å². The number of rotatable bonds is 5. The molecule has 3 aromatic rings. The molecule has 3 rings (SSSR count). The standard InChI is InChI=1S/C20H15Cl2N3O3/c1-12(20(27)25-19-16(22)10-15(21)11-24-19)28-17(26)8-7-14-5-2-4-13-6-3-9-23-18(13)14/h2-12H,1H3,(H,24,25,27)/b8-7-/t12-/m1/s1. The van der Waals surface area contributed by atoms with Crippen molar-refractivity contribution in [3.63, 3.8) is 0 Å². The average molecular weight is 416 g/mol. The van der Waals surface area contributed by atoms with E-state index in [1.807, 2.05) is 30.3 Å². The molecule has 0 aliphatic carbocycles. The average Bonchev–Trinajstić information content (AvgIpc) is 2.68. The lowest BCUT2D eigenvalue weighted by Crippen LogP contribution is -2.29. The van der Waals surface area contributed by atoms with Gasteiger partial charge in [0.2, 0.25) is 0 Å². The molecule has 0 unspecified atom stereocenters. The van der Waals surface area contributed by atoms with E-state index in [1.54, 1.807) is 12.3 Å². The summed E-state index contributed by atoms with van der Waals surface area (Å²) >= 11 is 11.7.